The molecule has 8 atom stereocenters. The van der Waals surface area contributed by atoms with Gasteiger partial charge >= 0.3 is 12.3 Å². The first-order chi connectivity index (χ1) is 31.1. The monoisotopic (exact) mass is 945 g/mol. The average molecular weight is 946 g/mol. The number of rotatable bonds is 11. The van der Waals surface area contributed by atoms with Crippen LogP contribution in [0.15, 0.2) is 54.6 Å². The maximum Gasteiger partial charge on any atom is 0.425 e. The summed E-state index contributed by atoms with van der Waals surface area (Å²) in [7, 11) is -2.54. The number of allylic oxidation sites excluding steroid dienone is 1. The van der Waals surface area contributed by atoms with Gasteiger partial charge in [-0.2, -0.15) is 13.2 Å². The minimum Gasteiger partial charge on any atom is -0.497 e. The Morgan fingerprint density at radius 1 is 1.02 bits per heavy atom. The highest BCUT2D eigenvalue weighted by Gasteiger charge is 2.62. The second-order valence-corrected chi connectivity index (χ2v) is 20.1. The zero-order chi connectivity index (χ0) is 47.9. The SMILES string of the molecule is COc1ccc2c(O[C@@H]3C[C@H]4C(=O)N[C@]5(C(=O)NS(=O)(=O)C6CC6)C[C@H]5/C=C\CC[C@H](C)C[C@@H](C)[C@H](NC(=O)O[C@H](C)C(F)(F)F)C(=O)N4C3)nc(-c3ccc(OC(C)C)c(F)c3)cc2c1. The van der Waals surface area contributed by atoms with Crippen LogP contribution in [0.3, 0.4) is 0 Å². The van der Waals surface area contributed by atoms with Crippen LogP contribution in [0.2, 0.25) is 0 Å². The molecule has 0 spiro atoms. The Balaban J connectivity index is 1.26. The van der Waals surface area contributed by atoms with Crippen molar-refractivity contribution in [2.45, 2.75) is 127 Å². The Labute approximate surface area is 380 Å². The van der Waals surface area contributed by atoms with Crippen molar-refractivity contribution in [1.82, 2.24) is 25.2 Å². The number of nitrogens with one attached hydrogen (secondary N) is 3. The highest BCUT2D eigenvalue weighted by molar-refractivity contribution is 7.91. The molecule has 3 fully saturated rings. The van der Waals surface area contributed by atoms with E-state index in [9.17, 15) is 40.8 Å². The average Bonchev–Trinajstić information content (AvgIpc) is 4.17. The molecule has 2 aliphatic heterocycles. The van der Waals surface area contributed by atoms with Gasteiger partial charge in [0, 0.05) is 23.3 Å². The topological polar surface area (TPSA) is 192 Å². The lowest BCUT2D eigenvalue weighted by molar-refractivity contribution is -0.197. The molecule has 3 N–H and O–H groups in total. The third kappa shape index (κ3) is 10.8. The first-order valence-corrected chi connectivity index (χ1v) is 23.6. The van der Waals surface area contributed by atoms with Gasteiger partial charge in [0.05, 0.1) is 30.7 Å². The summed E-state index contributed by atoms with van der Waals surface area (Å²) >= 11 is 0. The number of nitrogens with zero attached hydrogens (tertiary/aromatic N) is 2. The number of amides is 4. The number of methoxy groups -OCH3 is 1. The van der Waals surface area contributed by atoms with Crippen LogP contribution in [0.25, 0.3) is 22.0 Å². The van der Waals surface area contributed by atoms with Crippen LogP contribution in [0.4, 0.5) is 22.4 Å². The van der Waals surface area contributed by atoms with E-state index in [1.807, 2.05) is 13.0 Å². The molecule has 3 heterocycles. The first-order valence-electron chi connectivity index (χ1n) is 22.1. The van der Waals surface area contributed by atoms with Crippen molar-refractivity contribution < 1.29 is 64.1 Å². The summed E-state index contributed by atoms with van der Waals surface area (Å²) in [4.78, 5) is 62.5. The van der Waals surface area contributed by atoms with Gasteiger partial charge in [-0.05, 0) is 119 Å². The molecule has 15 nitrogen and oxygen atoms in total. The maximum absolute atomic E-state index is 15.3. The molecule has 7 rings (SSSR count). The molecule has 1 aromatic heterocycles. The molecule has 4 aliphatic rings. The van der Waals surface area contributed by atoms with Crippen molar-refractivity contribution in [1.29, 1.82) is 0 Å². The van der Waals surface area contributed by atoms with E-state index in [2.05, 4.69) is 20.1 Å². The van der Waals surface area contributed by atoms with Gasteiger partial charge in [0.25, 0.3) is 5.91 Å². The van der Waals surface area contributed by atoms with Crippen LogP contribution in [0.5, 0.6) is 17.4 Å². The second-order valence-electron chi connectivity index (χ2n) is 18.2. The van der Waals surface area contributed by atoms with Crippen LogP contribution in [-0.4, -0.2) is 103 Å². The Bertz CT molecular complexity index is 2500. The fourth-order valence-electron chi connectivity index (χ4n) is 8.62. The van der Waals surface area contributed by atoms with E-state index < -0.39 is 92.7 Å². The smallest absolute Gasteiger partial charge is 0.425 e. The summed E-state index contributed by atoms with van der Waals surface area (Å²) < 4.78 is 106. The number of hydrogen-bond donors (Lipinski definition) is 3. The number of alkyl carbamates (subject to hydrolysis) is 1. The molecule has 2 saturated carbocycles. The predicted octanol–water partition coefficient (Wildman–Crippen LogP) is 6.73. The first kappa shape index (κ1) is 48.3. The Hall–Kier alpha value is -5.66. The highest BCUT2D eigenvalue weighted by Crippen LogP contribution is 2.46. The van der Waals surface area contributed by atoms with Crippen LogP contribution >= 0.6 is 0 Å². The molecular formula is C46H55F4N5O10S. The lowest BCUT2D eigenvalue weighted by Gasteiger charge is -2.33. The highest BCUT2D eigenvalue weighted by atomic mass is 32.2. The van der Waals surface area contributed by atoms with Crippen LogP contribution in [0, 0.1) is 23.6 Å². The lowest BCUT2D eigenvalue weighted by Crippen LogP contribution is -2.59. The second kappa shape index (κ2) is 18.9. The number of hydrogen-bond acceptors (Lipinski definition) is 11. The van der Waals surface area contributed by atoms with E-state index in [1.54, 1.807) is 57.2 Å². The molecular weight excluding hydrogens is 891 g/mol. The van der Waals surface area contributed by atoms with E-state index in [0.717, 1.165) is 4.90 Å². The number of aromatic nitrogens is 1. The van der Waals surface area contributed by atoms with Crippen molar-refractivity contribution in [2.24, 2.45) is 17.8 Å². The minimum atomic E-state index is -4.89. The Morgan fingerprint density at radius 2 is 1.76 bits per heavy atom. The van der Waals surface area contributed by atoms with Crippen molar-refractivity contribution in [3.05, 3.63) is 60.4 Å². The number of alkyl halides is 3. The molecule has 3 aromatic rings. The number of carbonyl (C=O) groups excluding carboxylic acids is 4. The molecule has 358 valence electrons. The summed E-state index contributed by atoms with van der Waals surface area (Å²) in [5, 5.41) is 5.48. The number of benzene rings is 2. The quantitative estimate of drug-likeness (QED) is 0.137. The third-order valence-electron chi connectivity index (χ3n) is 12.5. The van der Waals surface area contributed by atoms with Gasteiger partial charge in [0.1, 0.15) is 29.5 Å². The Kier molecular flexibility index (Phi) is 13.8. The maximum atomic E-state index is 15.3. The number of pyridine rings is 1. The summed E-state index contributed by atoms with van der Waals surface area (Å²) in [6, 6.07) is 8.29. The molecule has 4 amide bonds. The van der Waals surface area contributed by atoms with Crippen LogP contribution < -0.4 is 29.6 Å². The zero-order valence-corrected chi connectivity index (χ0v) is 38.3. The van der Waals surface area contributed by atoms with Gasteiger partial charge in [-0.3, -0.25) is 19.1 Å². The molecule has 0 radical (unpaired) electrons. The van der Waals surface area contributed by atoms with Crippen molar-refractivity contribution in [3.63, 3.8) is 0 Å². The van der Waals surface area contributed by atoms with Gasteiger partial charge in [-0.1, -0.05) is 26.0 Å². The van der Waals surface area contributed by atoms with Gasteiger partial charge in [-0.15, -0.1) is 0 Å². The lowest BCUT2D eigenvalue weighted by atomic mass is 9.88. The summed E-state index contributed by atoms with van der Waals surface area (Å²) in [6.45, 7) is 7.47. The standard InChI is InChI=1S/C46H55F4N5O10S/c1-24(2)63-38-16-11-28(19-35(38)47)36-20-29-18-31(62-6)12-15-34(29)41(51-36)65-32-21-37-40(56)53-45(43(58)54-66(60,61)33-13-14-33)22-30(45)10-8-7-9-25(3)17-26(4)39(42(57)55(37)23-32)52-44(59)64-27(5)46(48,49)50/h8,10-12,15-16,18-20,24-27,30,32-33,37,39H,7,9,13-14,17,21-23H2,1-6H3,(H,52,59)(H,53,56)(H,54,58)/b10-8-/t25-,26+,27+,30+,32+,37-,39-,45+/m0/s1. The fraction of sp³-hybridized carbons (Fsp3) is 0.543. The number of fused-ring (bicyclic) bond motifs is 3. The van der Waals surface area contributed by atoms with E-state index in [1.165, 1.54) is 19.2 Å². The van der Waals surface area contributed by atoms with E-state index in [0.29, 0.717) is 66.8 Å². The van der Waals surface area contributed by atoms with Gasteiger partial charge in [0.2, 0.25) is 27.7 Å². The van der Waals surface area contributed by atoms with Gasteiger partial charge in [-0.25, -0.2) is 22.6 Å². The zero-order valence-electron chi connectivity index (χ0n) is 37.4. The molecule has 20 heteroatoms. The van der Waals surface area contributed by atoms with E-state index in [4.69, 9.17) is 19.2 Å². The predicted molar refractivity (Wildman–Crippen MR) is 233 cm³/mol. The van der Waals surface area contributed by atoms with Crippen LogP contribution in [-0.2, 0) is 29.1 Å². The van der Waals surface area contributed by atoms with Gasteiger partial charge in [0.15, 0.2) is 17.7 Å². The van der Waals surface area contributed by atoms with Gasteiger partial charge < -0.3 is 34.5 Å². The van der Waals surface area contributed by atoms with E-state index in [-0.39, 0.29) is 43.0 Å². The Morgan fingerprint density at radius 3 is 2.42 bits per heavy atom. The molecule has 0 unspecified atom stereocenters. The summed E-state index contributed by atoms with van der Waals surface area (Å²) in [5.74, 6) is -3.97. The fourth-order valence-corrected chi connectivity index (χ4v) is 9.99. The van der Waals surface area contributed by atoms with Crippen molar-refractivity contribution >= 4 is 44.6 Å². The number of halogens is 4. The summed E-state index contributed by atoms with van der Waals surface area (Å²) in [5.41, 5.74) is -1.02. The molecule has 66 heavy (non-hydrogen) atoms. The van der Waals surface area contributed by atoms with Crippen LogP contribution in [0.1, 0.15) is 79.6 Å². The minimum absolute atomic E-state index is 0.0434. The third-order valence-corrected chi connectivity index (χ3v) is 14.3. The number of ether oxygens (including phenoxy) is 4. The van der Waals surface area contributed by atoms with E-state index >= 15 is 4.39 Å². The molecule has 1 saturated heterocycles. The number of carbonyl (C=O) groups is 4. The molecule has 0 bridgehead atoms. The largest absolute Gasteiger partial charge is 0.497 e. The van der Waals surface area contributed by atoms with Crippen molar-refractivity contribution in [2.75, 3.05) is 13.7 Å². The van der Waals surface area contributed by atoms with Crippen molar-refractivity contribution in [3.8, 4) is 28.6 Å². The summed E-state index contributed by atoms with van der Waals surface area (Å²) in [6.07, 6.45) is -4.50. The molecule has 2 aliphatic carbocycles. The molecule has 2 aromatic carbocycles. The number of sulfonamides is 1. The normalized spacial score (nSPS) is 27.0.